The first-order chi connectivity index (χ1) is 16.8. The number of halogens is 4. The van der Waals surface area contributed by atoms with Gasteiger partial charge in [-0.3, -0.25) is 14.3 Å². The number of hydrogen-bond donors (Lipinski definition) is 0. The van der Waals surface area contributed by atoms with Crippen molar-refractivity contribution in [2.75, 3.05) is 44.2 Å². The van der Waals surface area contributed by atoms with Crippen molar-refractivity contribution < 1.29 is 21.6 Å². The van der Waals surface area contributed by atoms with E-state index in [9.17, 15) is 31.2 Å². The average molecular weight is 551 g/mol. The molecule has 0 amide bonds. The van der Waals surface area contributed by atoms with E-state index in [2.05, 4.69) is 9.88 Å². The molecule has 2 saturated heterocycles. The quantitative estimate of drug-likeness (QED) is 0.562. The Bertz CT molecular complexity index is 1360. The summed E-state index contributed by atoms with van der Waals surface area (Å²) in [6.07, 6.45) is -1.55. The molecule has 2 aromatic rings. The van der Waals surface area contributed by atoms with Crippen molar-refractivity contribution >= 4 is 27.4 Å². The van der Waals surface area contributed by atoms with E-state index in [0.717, 1.165) is 27.6 Å². The molecule has 0 atom stereocenters. The summed E-state index contributed by atoms with van der Waals surface area (Å²) >= 11 is 6.08. The maximum absolute atomic E-state index is 13.1. The molecule has 0 unspecified atom stereocenters. The number of piperazine rings is 1. The van der Waals surface area contributed by atoms with Crippen LogP contribution in [0.2, 0.25) is 5.02 Å². The molecule has 2 aliphatic rings. The van der Waals surface area contributed by atoms with Gasteiger partial charge in [-0.2, -0.15) is 17.5 Å². The topological polar surface area (TPSA) is 101 Å². The van der Waals surface area contributed by atoms with Gasteiger partial charge >= 0.3 is 11.9 Å². The highest BCUT2D eigenvalue weighted by Crippen LogP contribution is 2.34. The molecule has 15 heteroatoms. The molecule has 0 aliphatic carbocycles. The van der Waals surface area contributed by atoms with Crippen molar-refractivity contribution in [3.63, 3.8) is 0 Å². The predicted molar refractivity (Wildman–Crippen MR) is 127 cm³/mol. The van der Waals surface area contributed by atoms with Gasteiger partial charge in [0.2, 0.25) is 10.0 Å². The highest BCUT2D eigenvalue weighted by molar-refractivity contribution is 7.89. The van der Waals surface area contributed by atoms with Crippen LogP contribution in [0, 0.1) is 0 Å². The van der Waals surface area contributed by atoms with Gasteiger partial charge in [-0.15, -0.1) is 0 Å². The summed E-state index contributed by atoms with van der Waals surface area (Å²) in [5, 5.41) is -0.0543. The normalized spacial score (nSPS) is 19.1. The highest BCUT2D eigenvalue weighted by Gasteiger charge is 2.36. The molecule has 0 N–H and O–H groups in total. The van der Waals surface area contributed by atoms with Gasteiger partial charge in [-0.25, -0.2) is 18.2 Å². The molecule has 0 spiro atoms. The van der Waals surface area contributed by atoms with Gasteiger partial charge in [0.1, 0.15) is 5.82 Å². The van der Waals surface area contributed by atoms with Crippen molar-refractivity contribution in [3.8, 4) is 0 Å². The van der Waals surface area contributed by atoms with Gasteiger partial charge in [-0.1, -0.05) is 11.6 Å². The van der Waals surface area contributed by atoms with E-state index in [0.29, 0.717) is 44.8 Å². The summed E-state index contributed by atoms with van der Waals surface area (Å²) in [4.78, 5) is 31.9. The van der Waals surface area contributed by atoms with Crippen LogP contribution in [-0.2, 0) is 30.3 Å². The predicted octanol–water partition coefficient (Wildman–Crippen LogP) is 1.13. The van der Waals surface area contributed by atoms with Crippen molar-refractivity contribution in [1.82, 2.24) is 23.3 Å². The molecular formula is C21H26ClF3N6O4S. The Morgan fingerprint density at radius 1 is 1.03 bits per heavy atom. The van der Waals surface area contributed by atoms with E-state index < -0.39 is 37.9 Å². The van der Waals surface area contributed by atoms with E-state index in [1.54, 1.807) is 0 Å². The number of anilines is 1. The maximum Gasteiger partial charge on any atom is 0.417 e. The van der Waals surface area contributed by atoms with Gasteiger partial charge in [0.05, 0.1) is 10.6 Å². The van der Waals surface area contributed by atoms with E-state index in [1.165, 1.54) is 18.4 Å². The summed E-state index contributed by atoms with van der Waals surface area (Å²) in [5.41, 5.74) is -2.36. The van der Waals surface area contributed by atoms with E-state index in [1.807, 2.05) is 4.90 Å². The average Bonchev–Trinajstić information content (AvgIpc) is 2.84. The first-order valence-corrected chi connectivity index (χ1v) is 13.1. The molecular weight excluding hydrogens is 525 g/mol. The van der Waals surface area contributed by atoms with Gasteiger partial charge in [-0.05, 0) is 18.9 Å². The minimum atomic E-state index is -4.51. The van der Waals surface area contributed by atoms with Gasteiger partial charge < -0.3 is 9.47 Å². The van der Waals surface area contributed by atoms with Crippen LogP contribution in [0.5, 0.6) is 0 Å². The summed E-state index contributed by atoms with van der Waals surface area (Å²) in [5.74, 6) is 0.309. The molecule has 0 saturated carbocycles. The molecule has 198 valence electrons. The lowest BCUT2D eigenvalue weighted by Crippen LogP contribution is -2.54. The molecule has 4 heterocycles. The molecule has 2 fully saturated rings. The van der Waals surface area contributed by atoms with E-state index in [4.69, 9.17) is 11.6 Å². The van der Waals surface area contributed by atoms with Gasteiger partial charge in [0.15, 0.2) is 4.90 Å². The third-order valence-corrected chi connectivity index (χ3v) is 8.89. The second kappa shape index (κ2) is 9.80. The second-order valence-corrected chi connectivity index (χ2v) is 11.3. The van der Waals surface area contributed by atoms with Crippen LogP contribution >= 0.6 is 11.6 Å². The largest absolute Gasteiger partial charge is 0.417 e. The number of nitrogens with zero attached hydrogens (tertiary/aromatic N) is 6. The number of alkyl halides is 3. The van der Waals surface area contributed by atoms with Crippen molar-refractivity contribution in [3.05, 3.63) is 49.9 Å². The van der Waals surface area contributed by atoms with Crippen molar-refractivity contribution in [1.29, 1.82) is 0 Å². The Morgan fingerprint density at radius 3 is 2.19 bits per heavy atom. The SMILES string of the molecule is Cn1cc(S(=O)(=O)N2CCC(N3CCN(c4ncc(C(F)(F)F)cc4Cl)CC3)CC2)c(=O)n(C)c1=O. The van der Waals surface area contributed by atoms with Crippen molar-refractivity contribution in [2.24, 2.45) is 14.1 Å². The fourth-order valence-electron chi connectivity index (χ4n) is 4.66. The molecule has 2 aliphatic heterocycles. The van der Waals surface area contributed by atoms with Crippen LogP contribution in [0.4, 0.5) is 19.0 Å². The summed E-state index contributed by atoms with van der Waals surface area (Å²) in [6.45, 7) is 2.74. The van der Waals surface area contributed by atoms with Crippen LogP contribution in [0.3, 0.4) is 0 Å². The van der Waals surface area contributed by atoms with Crippen LogP contribution in [0.15, 0.2) is 32.9 Å². The number of piperidine rings is 1. The van der Waals surface area contributed by atoms with Crippen LogP contribution in [0.25, 0.3) is 0 Å². The smallest absolute Gasteiger partial charge is 0.353 e. The maximum atomic E-state index is 13.1. The summed E-state index contributed by atoms with van der Waals surface area (Å²) in [6, 6.07) is 1.00. The molecule has 0 radical (unpaired) electrons. The standard InChI is InChI=1S/C21H26ClF3N6O4S/c1-27-13-17(19(32)28(2)20(27)33)36(34,35)31-5-3-15(4-6-31)29-7-9-30(10-8-29)18-16(22)11-14(12-26-18)21(23,24)25/h11-13,15H,3-10H2,1-2H3. The number of hydrogen-bond acceptors (Lipinski definition) is 7. The molecule has 4 rings (SSSR count). The zero-order valence-electron chi connectivity index (χ0n) is 19.7. The van der Waals surface area contributed by atoms with E-state index in [-0.39, 0.29) is 24.2 Å². The Hall–Kier alpha value is -2.42. The lowest BCUT2D eigenvalue weighted by atomic mass is 10.0. The number of pyridine rings is 1. The van der Waals surface area contributed by atoms with Crippen LogP contribution < -0.4 is 16.1 Å². The first-order valence-electron chi connectivity index (χ1n) is 11.3. The fraction of sp³-hybridized carbons (Fsp3) is 0.571. The first kappa shape index (κ1) is 26.6. The highest BCUT2D eigenvalue weighted by atomic mass is 35.5. The van der Waals surface area contributed by atoms with E-state index >= 15 is 0 Å². The third-order valence-electron chi connectivity index (χ3n) is 6.74. The van der Waals surface area contributed by atoms with Crippen molar-refractivity contribution in [2.45, 2.75) is 30.0 Å². The zero-order valence-corrected chi connectivity index (χ0v) is 21.3. The number of rotatable bonds is 4. The zero-order chi connectivity index (χ0) is 26.4. The van der Waals surface area contributed by atoms with Crippen LogP contribution in [0.1, 0.15) is 18.4 Å². The minimum Gasteiger partial charge on any atom is -0.353 e. The number of aromatic nitrogens is 3. The Labute approximate surface area is 210 Å². The number of sulfonamides is 1. The third kappa shape index (κ3) is 5.04. The van der Waals surface area contributed by atoms with Gasteiger partial charge in [0, 0.05) is 71.8 Å². The summed E-state index contributed by atoms with van der Waals surface area (Å²) in [7, 11) is -1.43. The molecule has 10 nitrogen and oxygen atoms in total. The van der Waals surface area contributed by atoms with Gasteiger partial charge in [0.25, 0.3) is 5.56 Å². The molecule has 36 heavy (non-hydrogen) atoms. The number of aryl methyl sites for hydroxylation is 1. The Morgan fingerprint density at radius 2 is 1.64 bits per heavy atom. The lowest BCUT2D eigenvalue weighted by Gasteiger charge is -2.42. The minimum absolute atomic E-state index is 0.0543. The second-order valence-electron chi connectivity index (χ2n) is 8.94. The monoisotopic (exact) mass is 550 g/mol. The molecule has 2 aromatic heterocycles. The molecule has 0 aromatic carbocycles. The lowest BCUT2D eigenvalue weighted by molar-refractivity contribution is -0.137. The molecule has 0 bridgehead atoms. The van der Waals surface area contributed by atoms with Crippen LogP contribution in [-0.4, -0.2) is 77.1 Å². The fourth-order valence-corrected chi connectivity index (χ4v) is 6.56. The Kier molecular flexibility index (Phi) is 7.25. The Balaban J connectivity index is 1.37. The summed E-state index contributed by atoms with van der Waals surface area (Å²) < 4.78 is 68.0.